The summed E-state index contributed by atoms with van der Waals surface area (Å²) in [7, 11) is 1.01. The molecular weight excluding hydrogens is 373 g/mol. The number of carbonyl (C=O) groups is 1. The van der Waals surface area contributed by atoms with E-state index >= 15 is 0 Å². The molecule has 9 nitrogen and oxygen atoms in total. The molecule has 0 bridgehead atoms. The predicted molar refractivity (Wildman–Crippen MR) is 78.0 cm³/mol. The van der Waals surface area contributed by atoms with Gasteiger partial charge in [-0.05, 0) is 6.07 Å². The number of nitrogens with one attached hydrogen (secondary N) is 1. The van der Waals surface area contributed by atoms with Crippen LogP contribution in [0.3, 0.4) is 0 Å². The van der Waals surface area contributed by atoms with Crippen molar-refractivity contribution in [2.45, 2.75) is 6.18 Å². The van der Waals surface area contributed by atoms with Gasteiger partial charge in [0.05, 0.1) is 4.92 Å². The van der Waals surface area contributed by atoms with Crippen LogP contribution in [0.4, 0.5) is 29.3 Å². The summed E-state index contributed by atoms with van der Waals surface area (Å²) in [5, 5.41) is 24.0. The van der Waals surface area contributed by atoms with E-state index in [1.165, 1.54) is 0 Å². The summed E-state index contributed by atoms with van der Waals surface area (Å²) in [5.74, 6) is -0.797. The first-order valence-electron chi connectivity index (χ1n) is 6.26. The Morgan fingerprint density at radius 3 is 2.60 bits per heavy atom. The van der Waals surface area contributed by atoms with Crippen LogP contribution in [0, 0.1) is 10.1 Å². The molecule has 0 atom stereocenters. The molecule has 13 heteroatoms. The fraction of sp³-hybridized carbons (Fsp3) is 0.167. The number of halogens is 4. The molecule has 1 aromatic heterocycles. The number of anilines is 1. The smallest absolute Gasteiger partial charge is 0.434 e. The zero-order chi connectivity index (χ0) is 18.9. The summed E-state index contributed by atoms with van der Waals surface area (Å²) in [6, 6.07) is 2.90. The second-order valence-electron chi connectivity index (χ2n) is 4.56. The van der Waals surface area contributed by atoms with Crippen LogP contribution >= 0.6 is 11.6 Å². The number of hydrogen-bond donors (Lipinski definition) is 2. The van der Waals surface area contributed by atoms with Crippen molar-refractivity contribution in [1.29, 1.82) is 0 Å². The Hall–Kier alpha value is -3.02. The molecule has 2 N–H and O–H groups in total. The van der Waals surface area contributed by atoms with Crippen molar-refractivity contribution in [2.24, 2.45) is 7.05 Å². The summed E-state index contributed by atoms with van der Waals surface area (Å²) in [5.41, 5.74) is -2.24. The van der Waals surface area contributed by atoms with Crippen molar-refractivity contribution in [3.8, 4) is 11.6 Å². The number of benzene rings is 1. The molecular formula is C12H8ClF3N4O5. The quantitative estimate of drug-likeness (QED) is 0.613. The Morgan fingerprint density at radius 2 is 2.12 bits per heavy atom. The average Bonchev–Trinajstić information content (AvgIpc) is 2.72. The van der Waals surface area contributed by atoms with Crippen LogP contribution in [0.2, 0.25) is 5.02 Å². The van der Waals surface area contributed by atoms with Gasteiger partial charge in [0.25, 0.3) is 11.6 Å². The number of nitrogens with zero attached hydrogens (tertiary/aromatic N) is 3. The van der Waals surface area contributed by atoms with E-state index in [0.29, 0.717) is 4.68 Å². The van der Waals surface area contributed by atoms with Gasteiger partial charge in [-0.15, -0.1) is 5.10 Å². The van der Waals surface area contributed by atoms with E-state index in [0.717, 1.165) is 25.2 Å². The molecule has 0 aliphatic heterocycles. The lowest BCUT2D eigenvalue weighted by Gasteiger charge is -2.07. The number of alkyl halides is 3. The largest absolute Gasteiger partial charge is 0.465 e. The van der Waals surface area contributed by atoms with Gasteiger partial charge in [-0.1, -0.05) is 11.6 Å². The minimum Gasteiger partial charge on any atom is -0.465 e. The Balaban J connectivity index is 2.41. The van der Waals surface area contributed by atoms with Crippen molar-refractivity contribution in [2.75, 3.05) is 5.32 Å². The molecule has 1 amide bonds. The van der Waals surface area contributed by atoms with Gasteiger partial charge in [0.1, 0.15) is 16.5 Å². The Labute approximate surface area is 141 Å². The highest BCUT2D eigenvalue weighted by molar-refractivity contribution is 6.32. The number of ether oxygens (including phenoxy) is 1. The molecule has 0 aliphatic carbocycles. The van der Waals surface area contributed by atoms with E-state index in [9.17, 15) is 28.1 Å². The summed E-state index contributed by atoms with van der Waals surface area (Å²) < 4.78 is 44.2. The number of carboxylic acid groups (broad SMARTS) is 1. The van der Waals surface area contributed by atoms with Crippen LogP contribution in [0.1, 0.15) is 5.69 Å². The molecule has 0 radical (unpaired) electrons. The number of nitro benzene ring substituents is 1. The van der Waals surface area contributed by atoms with Crippen molar-refractivity contribution in [3.63, 3.8) is 0 Å². The van der Waals surface area contributed by atoms with Crippen LogP contribution in [0.15, 0.2) is 18.2 Å². The molecule has 2 aromatic rings. The molecule has 0 fully saturated rings. The van der Waals surface area contributed by atoms with Crippen molar-refractivity contribution < 1.29 is 32.7 Å². The maximum atomic E-state index is 12.9. The number of aromatic nitrogens is 2. The Bertz CT molecular complexity index is 852. The normalized spacial score (nSPS) is 11.2. The van der Waals surface area contributed by atoms with Crippen LogP contribution in [-0.2, 0) is 13.2 Å². The first-order valence-corrected chi connectivity index (χ1v) is 6.64. The summed E-state index contributed by atoms with van der Waals surface area (Å²) in [6.07, 6.45) is -6.35. The minimum atomic E-state index is -4.77. The van der Waals surface area contributed by atoms with Crippen LogP contribution in [0.5, 0.6) is 11.6 Å². The second kappa shape index (κ2) is 6.47. The third-order valence-electron chi connectivity index (χ3n) is 2.85. The van der Waals surface area contributed by atoms with Crippen molar-refractivity contribution in [1.82, 2.24) is 9.78 Å². The number of amides is 1. The molecule has 0 aliphatic rings. The van der Waals surface area contributed by atoms with Gasteiger partial charge < -0.3 is 9.84 Å². The van der Waals surface area contributed by atoms with Gasteiger partial charge in [-0.2, -0.15) is 13.2 Å². The van der Waals surface area contributed by atoms with Crippen LogP contribution < -0.4 is 10.1 Å². The number of nitro groups is 1. The molecule has 0 spiro atoms. The average molecular weight is 381 g/mol. The molecule has 0 saturated carbocycles. The fourth-order valence-corrected chi connectivity index (χ4v) is 2.22. The molecule has 0 saturated heterocycles. The first kappa shape index (κ1) is 18.3. The zero-order valence-corrected chi connectivity index (χ0v) is 12.9. The van der Waals surface area contributed by atoms with Crippen LogP contribution in [-0.4, -0.2) is 25.9 Å². The molecule has 1 heterocycles. The molecule has 25 heavy (non-hydrogen) atoms. The standard InChI is InChI=1S/C12H8ClF3N4O5/c1-19-9(12(14,15)16)8(13)10(18-19)25-5-2-3-7(20(23)24)6(4-5)17-11(21)22/h2-4,17H,1H3,(H,21,22). The zero-order valence-electron chi connectivity index (χ0n) is 12.2. The topological polar surface area (TPSA) is 120 Å². The lowest BCUT2D eigenvalue weighted by molar-refractivity contribution is -0.383. The third kappa shape index (κ3) is 3.91. The Morgan fingerprint density at radius 1 is 1.48 bits per heavy atom. The lowest BCUT2D eigenvalue weighted by Crippen LogP contribution is -2.12. The van der Waals surface area contributed by atoms with E-state index in [4.69, 9.17) is 21.4 Å². The highest BCUT2D eigenvalue weighted by Crippen LogP contribution is 2.41. The number of rotatable bonds is 4. The van der Waals surface area contributed by atoms with Gasteiger partial charge >= 0.3 is 12.3 Å². The molecule has 134 valence electrons. The highest BCUT2D eigenvalue weighted by Gasteiger charge is 2.39. The number of hydrogen-bond acceptors (Lipinski definition) is 5. The maximum Gasteiger partial charge on any atom is 0.434 e. The van der Waals surface area contributed by atoms with Gasteiger partial charge in [0.2, 0.25) is 0 Å². The summed E-state index contributed by atoms with van der Waals surface area (Å²) in [4.78, 5) is 20.7. The van der Waals surface area contributed by atoms with Crippen molar-refractivity contribution >= 4 is 29.1 Å². The van der Waals surface area contributed by atoms with E-state index in [1.807, 2.05) is 0 Å². The minimum absolute atomic E-state index is 0.205. The predicted octanol–water partition coefficient (Wildman–Crippen LogP) is 3.88. The molecule has 1 aromatic carbocycles. The maximum absolute atomic E-state index is 12.9. The van der Waals surface area contributed by atoms with Gasteiger partial charge in [-0.3, -0.25) is 20.1 Å². The molecule has 0 unspecified atom stereocenters. The third-order valence-corrected chi connectivity index (χ3v) is 3.19. The van der Waals surface area contributed by atoms with Gasteiger partial charge in [-0.25, -0.2) is 4.79 Å². The fourth-order valence-electron chi connectivity index (χ4n) is 1.91. The summed E-state index contributed by atoms with van der Waals surface area (Å²) in [6.45, 7) is 0. The Kier molecular flexibility index (Phi) is 4.74. The van der Waals surface area contributed by atoms with E-state index in [1.54, 1.807) is 5.32 Å². The first-order chi connectivity index (χ1) is 11.5. The summed E-state index contributed by atoms with van der Waals surface area (Å²) >= 11 is 5.62. The van der Waals surface area contributed by atoms with Crippen LogP contribution in [0.25, 0.3) is 0 Å². The molecule has 2 rings (SSSR count). The van der Waals surface area contributed by atoms with E-state index in [-0.39, 0.29) is 5.75 Å². The lowest BCUT2D eigenvalue weighted by atomic mass is 10.2. The monoisotopic (exact) mass is 380 g/mol. The van der Waals surface area contributed by atoms with Gasteiger partial charge in [0, 0.05) is 19.2 Å². The second-order valence-corrected chi connectivity index (χ2v) is 4.94. The van der Waals surface area contributed by atoms with Gasteiger partial charge in [0.15, 0.2) is 5.69 Å². The highest BCUT2D eigenvalue weighted by atomic mass is 35.5. The van der Waals surface area contributed by atoms with E-state index < -0.39 is 45.2 Å². The van der Waals surface area contributed by atoms with E-state index in [2.05, 4.69) is 5.10 Å². The van der Waals surface area contributed by atoms with Crippen molar-refractivity contribution in [3.05, 3.63) is 39.0 Å². The SMILES string of the molecule is Cn1nc(Oc2ccc([N+](=O)[O-])c(NC(=O)O)c2)c(Cl)c1C(F)(F)F. The number of aryl methyl sites for hydroxylation is 1.